The van der Waals surface area contributed by atoms with E-state index in [0.29, 0.717) is 6.61 Å². The van der Waals surface area contributed by atoms with Crippen molar-refractivity contribution < 1.29 is 9.53 Å². The zero-order chi connectivity index (χ0) is 14.0. The molecule has 1 aromatic rings. The Balaban J connectivity index is 0.00000137. The van der Waals surface area contributed by atoms with Crippen LogP contribution in [-0.4, -0.2) is 12.5 Å². The minimum absolute atomic E-state index is 0.0685. The van der Waals surface area contributed by atoms with Crippen LogP contribution < -0.4 is 5.32 Å². The van der Waals surface area contributed by atoms with Gasteiger partial charge < -0.3 is 10.1 Å². The number of hydrogen-bond donors (Lipinski definition) is 1. The molecule has 3 nitrogen and oxygen atoms in total. The Morgan fingerprint density at radius 1 is 1.22 bits per heavy atom. The Bertz CT molecular complexity index is 331. The number of anilines is 1. The van der Waals surface area contributed by atoms with Crippen LogP contribution >= 0.6 is 0 Å². The molecule has 0 atom stereocenters. The number of hydrogen-bond acceptors (Lipinski definition) is 3. The fourth-order valence-corrected chi connectivity index (χ4v) is 1.24. The predicted octanol–water partition coefficient (Wildman–Crippen LogP) is 3.84. The van der Waals surface area contributed by atoms with Crippen LogP contribution in [0.15, 0.2) is 24.3 Å². The summed E-state index contributed by atoms with van der Waals surface area (Å²) in [6, 6.07) is 7.90. The van der Waals surface area contributed by atoms with Crippen LogP contribution in [0.25, 0.3) is 0 Å². The van der Waals surface area contributed by atoms with E-state index in [-0.39, 0.29) is 11.9 Å². The molecule has 0 unspecified atom stereocenters. The largest absolute Gasteiger partial charge is 0.461 e. The van der Waals surface area contributed by atoms with Gasteiger partial charge >= 0.3 is 5.97 Å². The molecule has 0 aliphatic rings. The maximum absolute atomic E-state index is 11.3. The molecule has 3 heteroatoms. The van der Waals surface area contributed by atoms with Gasteiger partial charge in [-0.15, -0.1) is 0 Å². The van der Waals surface area contributed by atoms with Crippen molar-refractivity contribution in [1.29, 1.82) is 0 Å². The molecule has 0 amide bonds. The second-order valence-electron chi connectivity index (χ2n) is 3.99. The predicted molar refractivity (Wildman–Crippen MR) is 76.6 cm³/mol. The van der Waals surface area contributed by atoms with Crippen molar-refractivity contribution in [3.63, 3.8) is 0 Å². The highest BCUT2D eigenvalue weighted by molar-refractivity contribution is 5.71. The Morgan fingerprint density at radius 2 is 1.78 bits per heavy atom. The molecule has 0 bridgehead atoms. The molecule has 0 aromatic heterocycles. The lowest BCUT2D eigenvalue weighted by molar-refractivity contribution is -0.148. The molecule has 0 saturated carbocycles. The molecule has 0 saturated heterocycles. The van der Waals surface area contributed by atoms with Gasteiger partial charge in [-0.05, 0) is 24.6 Å². The highest BCUT2D eigenvalue weighted by Crippen LogP contribution is 2.10. The number of nitrogens with one attached hydrogen (secondary N) is 1. The van der Waals surface area contributed by atoms with Gasteiger partial charge in [-0.25, -0.2) is 0 Å². The van der Waals surface area contributed by atoms with Gasteiger partial charge in [0.25, 0.3) is 0 Å². The zero-order valence-corrected chi connectivity index (χ0v) is 12.1. The Labute approximate surface area is 111 Å². The van der Waals surface area contributed by atoms with Crippen molar-refractivity contribution in [2.45, 2.75) is 41.2 Å². The summed E-state index contributed by atoms with van der Waals surface area (Å²) in [4.78, 5) is 11.3. The van der Waals surface area contributed by atoms with Crippen molar-refractivity contribution in [1.82, 2.24) is 0 Å². The van der Waals surface area contributed by atoms with Gasteiger partial charge in [-0.3, -0.25) is 4.79 Å². The lowest BCUT2D eigenvalue weighted by Crippen LogP contribution is -2.11. The maximum Gasteiger partial charge on any atom is 0.308 e. The summed E-state index contributed by atoms with van der Waals surface area (Å²) in [7, 11) is 0. The second-order valence-corrected chi connectivity index (χ2v) is 3.99. The van der Waals surface area contributed by atoms with E-state index in [4.69, 9.17) is 4.74 Å². The van der Waals surface area contributed by atoms with Crippen molar-refractivity contribution in [3.05, 3.63) is 29.8 Å². The van der Waals surface area contributed by atoms with Gasteiger partial charge in [0.1, 0.15) is 6.61 Å². The van der Waals surface area contributed by atoms with Crippen LogP contribution in [-0.2, 0) is 16.1 Å². The number of carbonyl (C=O) groups is 1. The third kappa shape index (κ3) is 6.28. The zero-order valence-electron chi connectivity index (χ0n) is 12.1. The molecule has 0 heterocycles. The summed E-state index contributed by atoms with van der Waals surface area (Å²) in [6.07, 6.45) is 0. The summed E-state index contributed by atoms with van der Waals surface area (Å²) in [6.45, 7) is 11.0. The van der Waals surface area contributed by atoms with Gasteiger partial charge in [-0.1, -0.05) is 39.8 Å². The highest BCUT2D eigenvalue weighted by atomic mass is 16.5. The van der Waals surface area contributed by atoms with Crippen molar-refractivity contribution in [2.75, 3.05) is 11.9 Å². The molecular weight excluding hydrogens is 226 g/mol. The van der Waals surface area contributed by atoms with Gasteiger partial charge in [0.15, 0.2) is 0 Å². The third-order valence-corrected chi connectivity index (χ3v) is 2.19. The summed E-state index contributed by atoms with van der Waals surface area (Å²) < 4.78 is 5.13. The third-order valence-electron chi connectivity index (χ3n) is 2.19. The molecule has 0 fully saturated rings. The number of benzene rings is 1. The SMILES string of the molecule is CC.CCNc1ccc(COC(=O)C(C)C)cc1. The molecule has 18 heavy (non-hydrogen) atoms. The first-order valence-corrected chi connectivity index (χ1v) is 6.63. The van der Waals surface area contributed by atoms with E-state index in [1.165, 1.54) is 0 Å². The first kappa shape index (κ1) is 16.5. The number of rotatable bonds is 5. The number of carbonyl (C=O) groups excluding carboxylic acids is 1. The van der Waals surface area contributed by atoms with Gasteiger partial charge in [-0.2, -0.15) is 0 Å². The first-order valence-electron chi connectivity index (χ1n) is 6.63. The Morgan fingerprint density at radius 3 is 2.22 bits per heavy atom. The second kappa shape index (κ2) is 9.51. The molecule has 1 aromatic carbocycles. The molecule has 0 radical (unpaired) electrons. The molecule has 102 valence electrons. The summed E-state index contributed by atoms with van der Waals surface area (Å²) in [5.41, 5.74) is 2.09. The smallest absolute Gasteiger partial charge is 0.308 e. The van der Waals surface area contributed by atoms with Crippen molar-refractivity contribution in [3.8, 4) is 0 Å². The molecule has 1 N–H and O–H groups in total. The molecule has 1 rings (SSSR count). The average Bonchev–Trinajstić information content (AvgIpc) is 2.40. The first-order chi connectivity index (χ1) is 8.63. The minimum Gasteiger partial charge on any atom is -0.461 e. The lowest BCUT2D eigenvalue weighted by atomic mass is 10.2. The Kier molecular flexibility index (Phi) is 8.71. The van der Waals surface area contributed by atoms with Gasteiger partial charge in [0.05, 0.1) is 5.92 Å². The fraction of sp³-hybridized carbons (Fsp3) is 0.533. The number of esters is 1. The summed E-state index contributed by atoms with van der Waals surface area (Å²) in [5, 5.41) is 3.21. The van der Waals surface area contributed by atoms with E-state index in [1.54, 1.807) is 0 Å². The normalized spacial score (nSPS) is 9.44. The minimum atomic E-state index is -0.157. The van der Waals surface area contributed by atoms with Crippen LogP contribution in [0.4, 0.5) is 5.69 Å². The van der Waals surface area contributed by atoms with E-state index >= 15 is 0 Å². The summed E-state index contributed by atoms with van der Waals surface area (Å²) >= 11 is 0. The number of ether oxygens (including phenoxy) is 1. The van der Waals surface area contributed by atoms with Crippen LogP contribution in [0.2, 0.25) is 0 Å². The van der Waals surface area contributed by atoms with Crippen molar-refractivity contribution >= 4 is 11.7 Å². The van der Waals surface area contributed by atoms with E-state index < -0.39 is 0 Å². The molecule has 0 aliphatic carbocycles. The van der Waals surface area contributed by atoms with Crippen LogP contribution in [0, 0.1) is 5.92 Å². The van der Waals surface area contributed by atoms with Crippen LogP contribution in [0.3, 0.4) is 0 Å². The Hall–Kier alpha value is -1.51. The quantitative estimate of drug-likeness (QED) is 0.808. The lowest BCUT2D eigenvalue weighted by Gasteiger charge is -2.08. The van der Waals surface area contributed by atoms with E-state index in [9.17, 15) is 4.79 Å². The molecule has 0 aliphatic heterocycles. The standard InChI is InChI=1S/C13H19NO2.C2H6/c1-4-14-12-7-5-11(6-8-12)9-16-13(15)10(2)3;1-2/h5-8,10,14H,4,9H2,1-3H3;1-2H3. The van der Waals surface area contributed by atoms with Gasteiger partial charge in [0.2, 0.25) is 0 Å². The van der Waals surface area contributed by atoms with Crippen LogP contribution in [0.1, 0.15) is 40.2 Å². The average molecular weight is 251 g/mol. The highest BCUT2D eigenvalue weighted by Gasteiger charge is 2.07. The topological polar surface area (TPSA) is 38.3 Å². The summed E-state index contributed by atoms with van der Waals surface area (Å²) in [5.74, 6) is -0.225. The van der Waals surface area contributed by atoms with E-state index in [0.717, 1.165) is 17.8 Å². The fourth-order valence-electron chi connectivity index (χ4n) is 1.24. The molecular formula is C15H25NO2. The van der Waals surface area contributed by atoms with Crippen LogP contribution in [0.5, 0.6) is 0 Å². The maximum atomic E-state index is 11.3. The molecule has 0 spiro atoms. The van der Waals surface area contributed by atoms with E-state index in [1.807, 2.05) is 52.0 Å². The monoisotopic (exact) mass is 251 g/mol. The van der Waals surface area contributed by atoms with Gasteiger partial charge in [0, 0.05) is 12.2 Å². The van der Waals surface area contributed by atoms with E-state index in [2.05, 4.69) is 12.2 Å². The van der Waals surface area contributed by atoms with Crippen molar-refractivity contribution in [2.24, 2.45) is 5.92 Å².